The van der Waals surface area contributed by atoms with Gasteiger partial charge in [0.25, 0.3) is 0 Å². The summed E-state index contributed by atoms with van der Waals surface area (Å²) in [5.74, 6) is 0.452. The van der Waals surface area contributed by atoms with Crippen molar-refractivity contribution in [3.63, 3.8) is 0 Å². The van der Waals surface area contributed by atoms with E-state index in [0.717, 1.165) is 35.6 Å². The Hall–Kier alpha value is -1.50. The average Bonchev–Trinajstić information content (AvgIpc) is 3.26. The summed E-state index contributed by atoms with van der Waals surface area (Å²) in [7, 11) is -3.50. The fourth-order valence-corrected chi connectivity index (χ4v) is 5.01. The van der Waals surface area contributed by atoms with E-state index in [1.54, 1.807) is 18.3 Å². The molecule has 0 radical (unpaired) electrons. The summed E-state index contributed by atoms with van der Waals surface area (Å²) in [6.45, 7) is 0.909. The van der Waals surface area contributed by atoms with Crippen LogP contribution in [0, 0.1) is 0 Å². The third-order valence-electron chi connectivity index (χ3n) is 4.60. The van der Waals surface area contributed by atoms with Crippen LogP contribution in [0.3, 0.4) is 0 Å². The van der Waals surface area contributed by atoms with E-state index < -0.39 is 10.0 Å². The van der Waals surface area contributed by atoms with Crippen molar-refractivity contribution in [1.29, 1.82) is 0 Å². The molecular weight excluding hydrogens is 298 g/mol. The van der Waals surface area contributed by atoms with Crippen molar-refractivity contribution in [3.05, 3.63) is 36.2 Å². The first kappa shape index (κ1) is 14.1. The maximum Gasteiger partial charge on any atom is 0.243 e. The fourth-order valence-electron chi connectivity index (χ4n) is 3.26. The second kappa shape index (κ2) is 5.01. The van der Waals surface area contributed by atoms with Crippen LogP contribution in [0.2, 0.25) is 0 Å². The van der Waals surface area contributed by atoms with E-state index in [9.17, 15) is 8.42 Å². The Morgan fingerprint density at radius 1 is 1.18 bits per heavy atom. The standard InChI is InChI=1S/C16H19N3O2S/c17-13-6-7-19(10-13)22(20,21)15-3-1-2-12-8-18-9-14(16(12)15)11-4-5-11/h1-3,8-9,11,13H,4-7,10,17H2/t13-/m0/s1. The lowest BCUT2D eigenvalue weighted by Gasteiger charge is -2.18. The number of rotatable bonds is 3. The molecule has 1 aliphatic heterocycles. The Balaban J connectivity index is 1.91. The molecule has 2 heterocycles. The second-order valence-corrected chi connectivity index (χ2v) is 8.18. The Kier molecular flexibility index (Phi) is 3.21. The zero-order valence-corrected chi connectivity index (χ0v) is 13.1. The molecule has 5 nitrogen and oxygen atoms in total. The largest absolute Gasteiger partial charge is 0.326 e. The number of sulfonamides is 1. The first-order chi connectivity index (χ1) is 10.6. The number of nitrogens with zero attached hydrogens (tertiary/aromatic N) is 2. The van der Waals surface area contributed by atoms with Crippen molar-refractivity contribution in [2.24, 2.45) is 5.73 Å². The van der Waals surface area contributed by atoms with Gasteiger partial charge in [0.2, 0.25) is 10.0 Å². The SMILES string of the molecule is N[C@H]1CCN(S(=O)(=O)c2cccc3cncc(C4CC4)c23)C1. The molecule has 0 spiro atoms. The molecule has 1 aliphatic carbocycles. The van der Waals surface area contributed by atoms with Gasteiger partial charge in [0.05, 0.1) is 4.90 Å². The van der Waals surface area contributed by atoms with Crippen LogP contribution in [0.5, 0.6) is 0 Å². The number of fused-ring (bicyclic) bond motifs is 1. The molecule has 2 fully saturated rings. The van der Waals surface area contributed by atoms with Crippen LogP contribution in [0.4, 0.5) is 0 Å². The van der Waals surface area contributed by atoms with Crippen LogP contribution < -0.4 is 5.73 Å². The predicted molar refractivity (Wildman–Crippen MR) is 85.1 cm³/mol. The van der Waals surface area contributed by atoms with Crippen molar-refractivity contribution in [1.82, 2.24) is 9.29 Å². The zero-order chi connectivity index (χ0) is 15.3. The first-order valence-electron chi connectivity index (χ1n) is 7.70. The van der Waals surface area contributed by atoms with Gasteiger partial charge in [0, 0.05) is 42.3 Å². The van der Waals surface area contributed by atoms with Gasteiger partial charge in [-0.2, -0.15) is 4.31 Å². The summed E-state index contributed by atoms with van der Waals surface area (Å²) >= 11 is 0. The molecular formula is C16H19N3O2S. The maximum atomic E-state index is 13.0. The Labute approximate surface area is 130 Å². The molecule has 1 saturated heterocycles. The molecule has 1 atom stereocenters. The lowest BCUT2D eigenvalue weighted by molar-refractivity contribution is 0.473. The van der Waals surface area contributed by atoms with E-state index in [2.05, 4.69) is 4.98 Å². The van der Waals surface area contributed by atoms with Crippen LogP contribution in [-0.4, -0.2) is 36.8 Å². The fraction of sp³-hybridized carbons (Fsp3) is 0.438. The molecule has 6 heteroatoms. The van der Waals surface area contributed by atoms with Gasteiger partial charge < -0.3 is 5.73 Å². The molecule has 1 aromatic carbocycles. The summed E-state index contributed by atoms with van der Waals surface area (Å²) in [6, 6.07) is 5.38. The predicted octanol–water partition coefficient (Wildman–Crippen LogP) is 1.83. The summed E-state index contributed by atoms with van der Waals surface area (Å²) < 4.78 is 27.6. The zero-order valence-electron chi connectivity index (χ0n) is 12.3. The topological polar surface area (TPSA) is 76.3 Å². The molecule has 0 amide bonds. The monoisotopic (exact) mass is 317 g/mol. The summed E-state index contributed by atoms with van der Waals surface area (Å²) in [5, 5.41) is 1.74. The summed E-state index contributed by atoms with van der Waals surface area (Å²) in [4.78, 5) is 4.68. The van der Waals surface area contributed by atoms with Gasteiger partial charge in [-0.15, -0.1) is 0 Å². The molecule has 2 aromatic rings. The highest BCUT2D eigenvalue weighted by molar-refractivity contribution is 7.89. The average molecular weight is 317 g/mol. The highest BCUT2D eigenvalue weighted by Crippen LogP contribution is 2.44. The van der Waals surface area contributed by atoms with Gasteiger partial charge in [-0.25, -0.2) is 8.42 Å². The van der Waals surface area contributed by atoms with Crippen molar-refractivity contribution >= 4 is 20.8 Å². The summed E-state index contributed by atoms with van der Waals surface area (Å²) in [5.41, 5.74) is 6.95. The normalized spacial score (nSPS) is 23.2. The van der Waals surface area contributed by atoms with Crippen LogP contribution in [-0.2, 0) is 10.0 Å². The third kappa shape index (κ3) is 2.22. The molecule has 2 aliphatic rings. The minimum absolute atomic E-state index is 0.0608. The van der Waals surface area contributed by atoms with Crippen LogP contribution in [0.15, 0.2) is 35.5 Å². The van der Waals surface area contributed by atoms with Crippen molar-refractivity contribution in [2.45, 2.75) is 36.1 Å². The Morgan fingerprint density at radius 2 is 2.00 bits per heavy atom. The number of nitrogens with two attached hydrogens (primary N) is 1. The third-order valence-corrected chi connectivity index (χ3v) is 6.50. The van der Waals surface area contributed by atoms with Gasteiger partial charge in [0.1, 0.15) is 0 Å². The lowest BCUT2D eigenvalue weighted by Crippen LogP contribution is -2.32. The van der Waals surface area contributed by atoms with Gasteiger partial charge in [-0.1, -0.05) is 12.1 Å². The number of aromatic nitrogens is 1. The maximum absolute atomic E-state index is 13.0. The van der Waals surface area contributed by atoms with E-state index in [0.29, 0.717) is 23.9 Å². The van der Waals surface area contributed by atoms with Crippen LogP contribution in [0.25, 0.3) is 10.8 Å². The minimum Gasteiger partial charge on any atom is -0.326 e. The molecule has 1 aromatic heterocycles. The van der Waals surface area contributed by atoms with Gasteiger partial charge in [-0.3, -0.25) is 4.98 Å². The smallest absolute Gasteiger partial charge is 0.243 e. The van der Waals surface area contributed by atoms with Gasteiger partial charge in [-0.05, 0) is 36.8 Å². The number of hydrogen-bond acceptors (Lipinski definition) is 4. The van der Waals surface area contributed by atoms with E-state index in [1.165, 1.54) is 4.31 Å². The van der Waals surface area contributed by atoms with Crippen molar-refractivity contribution < 1.29 is 8.42 Å². The molecule has 1 saturated carbocycles. The van der Waals surface area contributed by atoms with Crippen molar-refractivity contribution in [3.8, 4) is 0 Å². The van der Waals surface area contributed by atoms with Gasteiger partial charge in [0.15, 0.2) is 0 Å². The van der Waals surface area contributed by atoms with E-state index >= 15 is 0 Å². The lowest BCUT2D eigenvalue weighted by atomic mass is 10.0. The molecule has 4 rings (SSSR count). The Morgan fingerprint density at radius 3 is 2.68 bits per heavy atom. The summed E-state index contributed by atoms with van der Waals surface area (Å²) in [6.07, 6.45) is 6.53. The van der Waals surface area contributed by atoms with E-state index in [1.807, 2.05) is 12.3 Å². The number of hydrogen-bond donors (Lipinski definition) is 1. The minimum atomic E-state index is -3.50. The van der Waals surface area contributed by atoms with Gasteiger partial charge >= 0.3 is 0 Å². The van der Waals surface area contributed by atoms with E-state index in [4.69, 9.17) is 5.73 Å². The van der Waals surface area contributed by atoms with Crippen LogP contribution >= 0.6 is 0 Å². The van der Waals surface area contributed by atoms with Crippen LogP contribution in [0.1, 0.15) is 30.7 Å². The molecule has 0 bridgehead atoms. The van der Waals surface area contributed by atoms with Crippen molar-refractivity contribution in [2.75, 3.05) is 13.1 Å². The number of pyridine rings is 1. The molecule has 22 heavy (non-hydrogen) atoms. The highest BCUT2D eigenvalue weighted by atomic mass is 32.2. The first-order valence-corrected chi connectivity index (χ1v) is 9.14. The van der Waals surface area contributed by atoms with E-state index in [-0.39, 0.29) is 6.04 Å². The number of benzene rings is 1. The molecule has 116 valence electrons. The second-order valence-electron chi connectivity index (χ2n) is 6.27. The quantitative estimate of drug-likeness (QED) is 0.937. The Bertz CT molecular complexity index is 825. The highest BCUT2D eigenvalue weighted by Gasteiger charge is 2.34. The molecule has 2 N–H and O–H groups in total. The molecule has 0 unspecified atom stereocenters.